The van der Waals surface area contributed by atoms with Gasteiger partial charge in [0.1, 0.15) is 0 Å². The molecule has 22 heavy (non-hydrogen) atoms. The Hall–Kier alpha value is -0.810. The standard InChI is InChI=1S/C17H36N4O/c1-5-11-21-12-9-15(10-13-21)20-16(18-8-4)19-14-17(22,6-2)7-3/h15,22H,5-14H2,1-4H3,(H2,18,19,20). The van der Waals surface area contributed by atoms with Gasteiger partial charge >= 0.3 is 0 Å². The summed E-state index contributed by atoms with van der Waals surface area (Å²) in [5.41, 5.74) is -0.674. The minimum Gasteiger partial charge on any atom is -0.388 e. The Bertz CT molecular complexity index is 321. The summed E-state index contributed by atoms with van der Waals surface area (Å²) in [5, 5.41) is 17.2. The average Bonchev–Trinajstić information content (AvgIpc) is 2.54. The normalized spacial score (nSPS) is 18.5. The Morgan fingerprint density at radius 3 is 2.32 bits per heavy atom. The quantitative estimate of drug-likeness (QED) is 0.474. The number of nitrogens with one attached hydrogen (secondary N) is 2. The second kappa shape index (κ2) is 10.1. The van der Waals surface area contributed by atoms with E-state index in [0.29, 0.717) is 12.6 Å². The minimum absolute atomic E-state index is 0.462. The molecular formula is C17H36N4O. The van der Waals surface area contributed by atoms with Gasteiger partial charge in [0.15, 0.2) is 5.96 Å². The van der Waals surface area contributed by atoms with E-state index in [1.54, 1.807) is 0 Å². The maximum Gasteiger partial charge on any atom is 0.191 e. The second-order valence-electron chi connectivity index (χ2n) is 6.39. The van der Waals surface area contributed by atoms with E-state index in [1.807, 2.05) is 13.8 Å². The van der Waals surface area contributed by atoms with Crippen molar-refractivity contribution in [3.05, 3.63) is 0 Å². The molecule has 1 fully saturated rings. The van der Waals surface area contributed by atoms with E-state index in [-0.39, 0.29) is 0 Å². The van der Waals surface area contributed by atoms with Crippen LogP contribution in [0.4, 0.5) is 0 Å². The fourth-order valence-corrected chi connectivity index (χ4v) is 2.83. The van der Waals surface area contributed by atoms with Crippen molar-refractivity contribution in [3.63, 3.8) is 0 Å². The number of aliphatic hydroxyl groups is 1. The Labute approximate surface area is 136 Å². The molecule has 0 unspecified atom stereocenters. The summed E-state index contributed by atoms with van der Waals surface area (Å²) in [4.78, 5) is 7.14. The molecule has 0 spiro atoms. The maximum atomic E-state index is 10.4. The van der Waals surface area contributed by atoms with Crippen LogP contribution in [0.25, 0.3) is 0 Å². The van der Waals surface area contributed by atoms with Crippen LogP contribution < -0.4 is 10.6 Å². The van der Waals surface area contributed by atoms with Crippen LogP contribution in [0.3, 0.4) is 0 Å². The molecule has 5 nitrogen and oxygen atoms in total. The molecule has 0 aromatic heterocycles. The van der Waals surface area contributed by atoms with E-state index in [0.717, 1.165) is 38.2 Å². The van der Waals surface area contributed by atoms with Crippen LogP contribution in [0, 0.1) is 0 Å². The van der Waals surface area contributed by atoms with Gasteiger partial charge in [-0.2, -0.15) is 0 Å². The molecular weight excluding hydrogens is 276 g/mol. The number of hydrogen-bond donors (Lipinski definition) is 3. The lowest BCUT2D eigenvalue weighted by Gasteiger charge is -2.33. The molecule has 1 rings (SSSR count). The summed E-state index contributed by atoms with van der Waals surface area (Å²) in [6, 6.07) is 0.488. The van der Waals surface area contributed by atoms with E-state index in [2.05, 4.69) is 34.4 Å². The highest BCUT2D eigenvalue weighted by Gasteiger charge is 2.23. The van der Waals surface area contributed by atoms with Gasteiger partial charge in [-0.15, -0.1) is 0 Å². The third-order valence-corrected chi connectivity index (χ3v) is 4.66. The number of likely N-dealkylation sites (tertiary alicyclic amines) is 1. The largest absolute Gasteiger partial charge is 0.388 e. The van der Waals surface area contributed by atoms with Gasteiger partial charge in [0.2, 0.25) is 0 Å². The molecule has 1 heterocycles. The third kappa shape index (κ3) is 6.53. The van der Waals surface area contributed by atoms with Gasteiger partial charge in [0.05, 0.1) is 12.1 Å². The fraction of sp³-hybridized carbons (Fsp3) is 0.941. The molecule has 1 aliphatic rings. The first-order chi connectivity index (χ1) is 10.6. The summed E-state index contributed by atoms with van der Waals surface area (Å²) in [5.74, 6) is 0.844. The van der Waals surface area contributed by atoms with Crippen LogP contribution in [0.15, 0.2) is 4.99 Å². The lowest BCUT2D eigenvalue weighted by molar-refractivity contribution is 0.0417. The zero-order valence-corrected chi connectivity index (χ0v) is 15.0. The molecule has 0 bridgehead atoms. The zero-order valence-electron chi connectivity index (χ0n) is 15.0. The predicted octanol–water partition coefficient (Wildman–Crippen LogP) is 1.97. The number of piperidine rings is 1. The molecule has 1 aliphatic heterocycles. The topological polar surface area (TPSA) is 59.9 Å². The highest BCUT2D eigenvalue weighted by atomic mass is 16.3. The fourth-order valence-electron chi connectivity index (χ4n) is 2.83. The first-order valence-corrected chi connectivity index (χ1v) is 9.06. The molecule has 0 atom stereocenters. The van der Waals surface area contributed by atoms with Gasteiger partial charge in [-0.3, -0.25) is 4.99 Å². The van der Waals surface area contributed by atoms with E-state index in [1.165, 1.54) is 26.1 Å². The summed E-state index contributed by atoms with van der Waals surface area (Å²) in [7, 11) is 0. The SMILES string of the molecule is CCCN1CCC(NC(=NCC(O)(CC)CC)NCC)CC1. The van der Waals surface area contributed by atoms with E-state index >= 15 is 0 Å². The molecule has 0 aromatic carbocycles. The molecule has 1 saturated heterocycles. The van der Waals surface area contributed by atoms with Crippen molar-refractivity contribution >= 4 is 5.96 Å². The van der Waals surface area contributed by atoms with Crippen molar-refractivity contribution in [1.82, 2.24) is 15.5 Å². The van der Waals surface area contributed by atoms with E-state index in [4.69, 9.17) is 0 Å². The molecule has 5 heteroatoms. The smallest absolute Gasteiger partial charge is 0.191 e. The summed E-state index contributed by atoms with van der Waals surface area (Å²) >= 11 is 0. The Kier molecular flexibility index (Phi) is 8.79. The monoisotopic (exact) mass is 312 g/mol. The number of rotatable bonds is 8. The molecule has 0 aliphatic carbocycles. The molecule has 0 radical (unpaired) electrons. The van der Waals surface area contributed by atoms with Gasteiger partial charge < -0.3 is 20.6 Å². The van der Waals surface area contributed by atoms with Gasteiger partial charge in [0.25, 0.3) is 0 Å². The maximum absolute atomic E-state index is 10.4. The first kappa shape index (κ1) is 19.2. The number of guanidine groups is 1. The number of hydrogen-bond acceptors (Lipinski definition) is 3. The van der Waals surface area contributed by atoms with E-state index in [9.17, 15) is 5.11 Å². The zero-order chi connectivity index (χ0) is 16.4. The van der Waals surface area contributed by atoms with Gasteiger partial charge in [-0.1, -0.05) is 20.8 Å². The van der Waals surface area contributed by atoms with Crippen LogP contribution in [-0.2, 0) is 0 Å². The lowest BCUT2D eigenvalue weighted by atomic mass is 9.98. The highest BCUT2D eigenvalue weighted by molar-refractivity contribution is 5.80. The van der Waals surface area contributed by atoms with Crippen molar-refractivity contribution in [2.45, 2.75) is 71.4 Å². The Morgan fingerprint density at radius 2 is 1.82 bits per heavy atom. The van der Waals surface area contributed by atoms with Gasteiger partial charge in [0, 0.05) is 25.7 Å². The Morgan fingerprint density at radius 1 is 1.18 bits per heavy atom. The van der Waals surface area contributed by atoms with Crippen molar-refractivity contribution in [1.29, 1.82) is 0 Å². The van der Waals surface area contributed by atoms with Crippen molar-refractivity contribution < 1.29 is 5.11 Å². The Balaban J connectivity index is 2.50. The van der Waals surface area contributed by atoms with Crippen LogP contribution >= 0.6 is 0 Å². The van der Waals surface area contributed by atoms with Crippen LogP contribution in [0.2, 0.25) is 0 Å². The summed E-state index contributed by atoms with van der Waals surface area (Å²) in [6.45, 7) is 13.2. The minimum atomic E-state index is -0.674. The molecule has 3 N–H and O–H groups in total. The van der Waals surface area contributed by atoms with Crippen LogP contribution in [-0.4, -0.2) is 60.3 Å². The average molecular weight is 313 g/mol. The number of nitrogens with zero attached hydrogens (tertiary/aromatic N) is 2. The summed E-state index contributed by atoms with van der Waals surface area (Å²) in [6.07, 6.45) is 5.03. The van der Waals surface area contributed by atoms with Crippen molar-refractivity contribution in [2.24, 2.45) is 4.99 Å². The van der Waals surface area contributed by atoms with Crippen LogP contribution in [0.5, 0.6) is 0 Å². The second-order valence-corrected chi connectivity index (χ2v) is 6.39. The third-order valence-electron chi connectivity index (χ3n) is 4.66. The van der Waals surface area contributed by atoms with Crippen molar-refractivity contribution in [2.75, 3.05) is 32.7 Å². The highest BCUT2D eigenvalue weighted by Crippen LogP contribution is 2.15. The first-order valence-electron chi connectivity index (χ1n) is 9.06. The molecule has 0 aromatic rings. The number of aliphatic imine (C=N–C) groups is 1. The molecule has 0 amide bonds. The van der Waals surface area contributed by atoms with E-state index < -0.39 is 5.60 Å². The predicted molar refractivity (Wildman–Crippen MR) is 94.4 cm³/mol. The van der Waals surface area contributed by atoms with Crippen LogP contribution in [0.1, 0.15) is 59.8 Å². The summed E-state index contributed by atoms with van der Waals surface area (Å²) < 4.78 is 0. The van der Waals surface area contributed by atoms with Crippen molar-refractivity contribution in [3.8, 4) is 0 Å². The van der Waals surface area contributed by atoms with Gasteiger partial charge in [-0.05, 0) is 45.6 Å². The molecule has 130 valence electrons. The van der Waals surface area contributed by atoms with Gasteiger partial charge in [-0.25, -0.2) is 0 Å². The lowest BCUT2D eigenvalue weighted by Crippen LogP contribution is -2.49. The molecule has 0 saturated carbocycles.